The Morgan fingerprint density at radius 2 is 1.96 bits per heavy atom. The lowest BCUT2D eigenvalue weighted by molar-refractivity contribution is -0.0656. The number of ether oxygens (including phenoxy) is 1. The van der Waals surface area contributed by atoms with E-state index in [-0.39, 0.29) is 18.0 Å². The van der Waals surface area contributed by atoms with E-state index < -0.39 is 33.3 Å². The third kappa shape index (κ3) is 3.56. The van der Waals surface area contributed by atoms with Crippen molar-refractivity contribution in [3.8, 4) is 0 Å². The van der Waals surface area contributed by atoms with E-state index in [0.717, 1.165) is 18.5 Å². The molecular formula is C17H18F2N2O3S. The molecule has 1 saturated heterocycles. The molecule has 1 fully saturated rings. The average molecular weight is 368 g/mol. The van der Waals surface area contributed by atoms with Gasteiger partial charge in [0.05, 0.1) is 24.4 Å². The maximum absolute atomic E-state index is 13.5. The van der Waals surface area contributed by atoms with Crippen LogP contribution in [-0.4, -0.2) is 36.4 Å². The molecule has 5 nitrogen and oxygen atoms in total. The highest BCUT2D eigenvalue weighted by Crippen LogP contribution is 2.34. The summed E-state index contributed by atoms with van der Waals surface area (Å²) in [4.78, 5) is 3.40. The second-order valence-corrected chi connectivity index (χ2v) is 8.40. The summed E-state index contributed by atoms with van der Waals surface area (Å²) in [7, 11) is -3.99. The molecule has 1 unspecified atom stereocenters. The van der Waals surface area contributed by atoms with Gasteiger partial charge in [0.25, 0.3) is 0 Å². The lowest BCUT2D eigenvalue weighted by atomic mass is 10.0. The number of sulfonamides is 1. The molecule has 1 aliphatic rings. The Morgan fingerprint density at radius 3 is 2.64 bits per heavy atom. The van der Waals surface area contributed by atoms with Crippen LogP contribution in [0.1, 0.15) is 25.5 Å². The molecule has 0 aliphatic carbocycles. The lowest BCUT2D eigenvalue weighted by Gasteiger charge is -2.44. The molecule has 0 N–H and O–H groups in total. The number of benzene rings is 1. The first-order valence-corrected chi connectivity index (χ1v) is 9.15. The second kappa shape index (κ2) is 6.44. The van der Waals surface area contributed by atoms with Gasteiger partial charge in [0.15, 0.2) is 0 Å². The van der Waals surface area contributed by atoms with E-state index in [9.17, 15) is 17.2 Å². The molecule has 2 heterocycles. The van der Waals surface area contributed by atoms with Crippen LogP contribution >= 0.6 is 0 Å². The molecule has 3 rings (SSSR count). The van der Waals surface area contributed by atoms with E-state index in [1.54, 1.807) is 26.0 Å². The first kappa shape index (κ1) is 17.9. The Morgan fingerprint density at radius 1 is 1.20 bits per heavy atom. The fraction of sp³-hybridized carbons (Fsp3) is 0.353. The van der Waals surface area contributed by atoms with Crippen molar-refractivity contribution >= 4 is 10.0 Å². The number of nitrogens with zero attached hydrogens (tertiary/aromatic N) is 2. The Labute approximate surface area is 145 Å². The van der Waals surface area contributed by atoms with Gasteiger partial charge in [-0.15, -0.1) is 0 Å². The van der Waals surface area contributed by atoms with Gasteiger partial charge in [-0.25, -0.2) is 17.2 Å². The third-order valence-corrected chi connectivity index (χ3v) is 6.18. The first-order valence-electron chi connectivity index (χ1n) is 7.71. The number of aromatic nitrogens is 1. The summed E-state index contributed by atoms with van der Waals surface area (Å²) >= 11 is 0. The Balaban J connectivity index is 1.97. The molecule has 0 saturated carbocycles. The normalized spacial score (nSPS) is 21.2. The van der Waals surface area contributed by atoms with E-state index in [4.69, 9.17) is 4.74 Å². The highest BCUT2D eigenvalue weighted by Gasteiger charge is 2.43. The van der Waals surface area contributed by atoms with Gasteiger partial charge in [0, 0.05) is 12.7 Å². The van der Waals surface area contributed by atoms with E-state index in [1.807, 2.05) is 0 Å². The number of hydrogen-bond acceptors (Lipinski definition) is 4. The van der Waals surface area contributed by atoms with Gasteiger partial charge >= 0.3 is 0 Å². The molecule has 25 heavy (non-hydrogen) atoms. The first-order chi connectivity index (χ1) is 11.7. The minimum absolute atomic E-state index is 0.00466. The minimum atomic E-state index is -3.99. The van der Waals surface area contributed by atoms with Crippen LogP contribution < -0.4 is 0 Å². The number of morpholine rings is 1. The van der Waals surface area contributed by atoms with E-state index in [1.165, 1.54) is 16.4 Å². The van der Waals surface area contributed by atoms with Crippen LogP contribution in [0, 0.1) is 11.6 Å². The van der Waals surface area contributed by atoms with Crippen LogP contribution in [0.15, 0.2) is 47.6 Å². The van der Waals surface area contributed by atoms with Crippen LogP contribution in [0.2, 0.25) is 0 Å². The van der Waals surface area contributed by atoms with Gasteiger partial charge in [-0.3, -0.25) is 4.98 Å². The highest BCUT2D eigenvalue weighted by atomic mass is 32.2. The lowest BCUT2D eigenvalue weighted by Crippen LogP contribution is -2.56. The zero-order chi connectivity index (χ0) is 18.2. The Hall–Kier alpha value is -1.90. The summed E-state index contributed by atoms with van der Waals surface area (Å²) in [5.41, 5.74) is -0.289. The van der Waals surface area contributed by atoms with Crippen molar-refractivity contribution in [1.82, 2.24) is 9.29 Å². The predicted molar refractivity (Wildman–Crippen MR) is 87.3 cm³/mol. The van der Waals surface area contributed by atoms with Crippen molar-refractivity contribution in [1.29, 1.82) is 0 Å². The Bertz CT molecular complexity index is 887. The van der Waals surface area contributed by atoms with Crippen LogP contribution in [0.4, 0.5) is 8.78 Å². The van der Waals surface area contributed by atoms with Gasteiger partial charge in [-0.05, 0) is 37.6 Å². The van der Waals surface area contributed by atoms with Crippen molar-refractivity contribution in [2.75, 3.05) is 13.2 Å². The molecule has 0 spiro atoms. The summed E-state index contributed by atoms with van der Waals surface area (Å²) in [5, 5.41) is 0. The second-order valence-electron chi connectivity index (χ2n) is 6.54. The maximum atomic E-state index is 13.5. The van der Waals surface area contributed by atoms with Gasteiger partial charge in [0.2, 0.25) is 10.0 Å². The summed E-state index contributed by atoms with van der Waals surface area (Å²) in [6, 6.07) is 6.79. The Kier molecular flexibility index (Phi) is 4.61. The zero-order valence-corrected chi connectivity index (χ0v) is 14.6. The van der Waals surface area contributed by atoms with E-state index >= 15 is 0 Å². The van der Waals surface area contributed by atoms with Crippen molar-refractivity contribution in [3.63, 3.8) is 0 Å². The number of hydrogen-bond donors (Lipinski definition) is 0. The molecule has 1 aromatic heterocycles. The van der Waals surface area contributed by atoms with Crippen molar-refractivity contribution < 1.29 is 21.9 Å². The van der Waals surface area contributed by atoms with Crippen LogP contribution in [0.3, 0.4) is 0 Å². The van der Waals surface area contributed by atoms with Gasteiger partial charge in [-0.2, -0.15) is 4.31 Å². The molecule has 0 bridgehead atoms. The summed E-state index contributed by atoms with van der Waals surface area (Å²) in [6.07, 6.45) is 1.44. The van der Waals surface area contributed by atoms with Crippen LogP contribution in [-0.2, 0) is 14.8 Å². The quantitative estimate of drug-likeness (QED) is 0.836. The largest absolute Gasteiger partial charge is 0.370 e. The highest BCUT2D eigenvalue weighted by molar-refractivity contribution is 7.89. The zero-order valence-electron chi connectivity index (χ0n) is 13.8. The number of pyridine rings is 1. The van der Waals surface area contributed by atoms with E-state index in [2.05, 4.69) is 4.98 Å². The third-order valence-electron chi connectivity index (χ3n) is 4.13. The SMILES string of the molecule is CC1(C)COC(c2cccc(F)c2)CN1S(=O)(=O)c1cncc(F)c1. The molecule has 2 aromatic rings. The fourth-order valence-corrected chi connectivity index (χ4v) is 4.56. The van der Waals surface area contributed by atoms with Crippen molar-refractivity contribution in [3.05, 3.63) is 59.9 Å². The molecule has 1 aromatic carbocycles. The summed E-state index contributed by atoms with van der Waals surface area (Å²) < 4.78 is 59.9. The molecular weight excluding hydrogens is 350 g/mol. The molecule has 1 atom stereocenters. The number of halogens is 2. The monoisotopic (exact) mass is 368 g/mol. The average Bonchev–Trinajstić information content (AvgIpc) is 2.54. The summed E-state index contributed by atoms with van der Waals surface area (Å²) in [6.45, 7) is 3.56. The fourth-order valence-electron chi connectivity index (χ4n) is 2.82. The van der Waals surface area contributed by atoms with Gasteiger partial charge in [-0.1, -0.05) is 12.1 Å². The maximum Gasteiger partial charge on any atom is 0.245 e. The van der Waals surface area contributed by atoms with Crippen molar-refractivity contribution in [2.45, 2.75) is 30.4 Å². The molecule has 0 radical (unpaired) electrons. The van der Waals surface area contributed by atoms with Gasteiger partial charge in [0.1, 0.15) is 16.5 Å². The van der Waals surface area contributed by atoms with Gasteiger partial charge < -0.3 is 4.74 Å². The number of rotatable bonds is 3. The van der Waals surface area contributed by atoms with Crippen LogP contribution in [0.5, 0.6) is 0 Å². The molecule has 0 amide bonds. The van der Waals surface area contributed by atoms with Crippen molar-refractivity contribution in [2.24, 2.45) is 0 Å². The summed E-state index contributed by atoms with van der Waals surface area (Å²) in [5.74, 6) is -1.15. The molecule has 8 heteroatoms. The molecule has 1 aliphatic heterocycles. The van der Waals surface area contributed by atoms with Crippen LogP contribution in [0.25, 0.3) is 0 Å². The minimum Gasteiger partial charge on any atom is -0.370 e. The smallest absolute Gasteiger partial charge is 0.245 e. The van der Waals surface area contributed by atoms with E-state index in [0.29, 0.717) is 5.56 Å². The predicted octanol–water partition coefficient (Wildman–Crippen LogP) is 2.90. The topological polar surface area (TPSA) is 59.5 Å². The molecule has 134 valence electrons. The standard InChI is InChI=1S/C17H18F2N2O3S/c1-17(2)11-24-16(12-4-3-5-13(18)6-12)10-21(17)25(22,23)15-7-14(19)8-20-9-15/h3-9,16H,10-11H2,1-2H3.